The summed E-state index contributed by atoms with van der Waals surface area (Å²) >= 11 is 0. The van der Waals surface area contributed by atoms with E-state index in [1.807, 2.05) is 0 Å². The summed E-state index contributed by atoms with van der Waals surface area (Å²) in [5, 5.41) is 3.58. The summed E-state index contributed by atoms with van der Waals surface area (Å²) in [6.07, 6.45) is 2.05. The Bertz CT molecular complexity index is 576. The third-order valence-corrected chi connectivity index (χ3v) is 5.81. The van der Waals surface area contributed by atoms with E-state index in [9.17, 15) is 17.6 Å². The van der Waals surface area contributed by atoms with Crippen LogP contribution in [0.2, 0.25) is 0 Å². The van der Waals surface area contributed by atoms with Crippen molar-refractivity contribution in [1.29, 1.82) is 0 Å². The highest BCUT2D eigenvalue weighted by Crippen LogP contribution is 2.42. The van der Waals surface area contributed by atoms with Crippen LogP contribution in [-0.4, -0.2) is 25.8 Å². The molecule has 1 aliphatic carbocycles. The highest BCUT2D eigenvalue weighted by molar-refractivity contribution is 5.33. The molecule has 146 valence electrons. The van der Waals surface area contributed by atoms with E-state index in [1.54, 1.807) is 0 Å². The minimum absolute atomic E-state index is 0.119. The molecule has 2 aliphatic rings. The van der Waals surface area contributed by atoms with Crippen LogP contribution in [0.4, 0.5) is 17.6 Å². The lowest BCUT2D eigenvalue weighted by Crippen LogP contribution is -2.36. The number of ether oxygens (including phenoxy) is 1. The SMILES string of the molecule is Fc1ccc([C@H]2CC[C@H](CCNC3CCOCC3)CC2)c(C(F)(F)F)c1. The van der Waals surface area contributed by atoms with E-state index >= 15 is 0 Å². The Morgan fingerprint density at radius 2 is 1.69 bits per heavy atom. The van der Waals surface area contributed by atoms with Crippen molar-refractivity contribution in [2.45, 2.75) is 63.1 Å². The van der Waals surface area contributed by atoms with E-state index in [-0.39, 0.29) is 11.5 Å². The number of benzene rings is 1. The second kappa shape index (κ2) is 8.70. The van der Waals surface area contributed by atoms with Crippen molar-refractivity contribution >= 4 is 0 Å². The highest BCUT2D eigenvalue weighted by Gasteiger charge is 2.36. The van der Waals surface area contributed by atoms with Crippen LogP contribution in [0.25, 0.3) is 0 Å². The Labute approximate surface area is 152 Å². The fraction of sp³-hybridized carbons (Fsp3) is 0.700. The van der Waals surface area contributed by atoms with Crippen LogP contribution in [0.5, 0.6) is 0 Å². The quantitative estimate of drug-likeness (QED) is 0.710. The summed E-state index contributed by atoms with van der Waals surface area (Å²) < 4.78 is 58.3. The van der Waals surface area contributed by atoms with Crippen molar-refractivity contribution < 1.29 is 22.3 Å². The summed E-state index contributed by atoms with van der Waals surface area (Å²) in [7, 11) is 0. The van der Waals surface area contributed by atoms with Gasteiger partial charge in [-0.15, -0.1) is 0 Å². The molecule has 0 bridgehead atoms. The fourth-order valence-electron chi connectivity index (χ4n) is 4.29. The maximum absolute atomic E-state index is 13.3. The lowest BCUT2D eigenvalue weighted by Gasteiger charge is -2.31. The van der Waals surface area contributed by atoms with Crippen LogP contribution in [0, 0.1) is 11.7 Å². The Kier molecular flexibility index (Phi) is 6.56. The molecule has 0 amide bonds. The van der Waals surface area contributed by atoms with Gasteiger partial charge in [0.1, 0.15) is 5.82 Å². The lowest BCUT2D eigenvalue weighted by atomic mass is 9.76. The molecule has 0 aromatic heterocycles. The second-order valence-electron chi connectivity index (χ2n) is 7.58. The molecular weight excluding hydrogens is 346 g/mol. The molecule has 2 fully saturated rings. The minimum Gasteiger partial charge on any atom is -0.381 e. The van der Waals surface area contributed by atoms with Crippen LogP contribution in [0.15, 0.2) is 18.2 Å². The van der Waals surface area contributed by atoms with Crippen molar-refractivity contribution in [3.8, 4) is 0 Å². The third kappa shape index (κ3) is 5.19. The Hall–Kier alpha value is -1.14. The molecule has 1 heterocycles. The average Bonchev–Trinajstić information content (AvgIpc) is 2.63. The molecule has 6 heteroatoms. The van der Waals surface area contributed by atoms with Crippen molar-refractivity contribution in [1.82, 2.24) is 5.32 Å². The van der Waals surface area contributed by atoms with Crippen molar-refractivity contribution in [2.24, 2.45) is 5.92 Å². The molecule has 1 aromatic carbocycles. The number of hydrogen-bond acceptors (Lipinski definition) is 2. The molecule has 2 nitrogen and oxygen atoms in total. The van der Waals surface area contributed by atoms with E-state index < -0.39 is 17.6 Å². The minimum atomic E-state index is -4.50. The van der Waals surface area contributed by atoms with Crippen molar-refractivity contribution in [2.75, 3.05) is 19.8 Å². The van der Waals surface area contributed by atoms with Gasteiger partial charge in [-0.25, -0.2) is 4.39 Å². The molecule has 1 saturated carbocycles. The van der Waals surface area contributed by atoms with Crippen LogP contribution in [0.3, 0.4) is 0 Å². The first-order chi connectivity index (χ1) is 12.4. The summed E-state index contributed by atoms with van der Waals surface area (Å²) in [4.78, 5) is 0. The van der Waals surface area contributed by atoms with Gasteiger partial charge in [-0.2, -0.15) is 13.2 Å². The predicted molar refractivity (Wildman–Crippen MR) is 92.6 cm³/mol. The van der Waals surface area contributed by atoms with E-state index in [2.05, 4.69) is 5.32 Å². The summed E-state index contributed by atoms with van der Waals surface area (Å²) in [6, 6.07) is 3.65. The monoisotopic (exact) mass is 373 g/mol. The third-order valence-electron chi connectivity index (χ3n) is 5.81. The average molecular weight is 373 g/mol. The van der Waals surface area contributed by atoms with E-state index in [0.717, 1.165) is 70.8 Å². The number of nitrogens with one attached hydrogen (secondary N) is 1. The van der Waals surface area contributed by atoms with Gasteiger partial charge in [0.25, 0.3) is 0 Å². The molecular formula is C20H27F4NO. The molecule has 0 atom stereocenters. The van der Waals surface area contributed by atoms with Gasteiger partial charge in [0.05, 0.1) is 5.56 Å². The summed E-state index contributed by atoms with van der Waals surface area (Å²) in [5.74, 6) is -0.380. The number of rotatable bonds is 5. The zero-order valence-electron chi connectivity index (χ0n) is 15.0. The number of hydrogen-bond donors (Lipinski definition) is 1. The maximum Gasteiger partial charge on any atom is 0.416 e. The second-order valence-corrected chi connectivity index (χ2v) is 7.58. The van der Waals surface area contributed by atoms with E-state index in [0.29, 0.717) is 18.0 Å². The molecule has 1 aromatic rings. The molecule has 0 spiro atoms. The predicted octanol–water partition coefficient (Wildman–Crippen LogP) is 5.28. The number of alkyl halides is 3. The number of halogens is 4. The first kappa shape index (κ1) is 19.6. The smallest absolute Gasteiger partial charge is 0.381 e. The van der Waals surface area contributed by atoms with Gasteiger partial charge in [0.15, 0.2) is 0 Å². The van der Waals surface area contributed by atoms with Gasteiger partial charge in [-0.05, 0) is 81.0 Å². The van der Waals surface area contributed by atoms with Gasteiger partial charge >= 0.3 is 6.18 Å². The zero-order valence-corrected chi connectivity index (χ0v) is 15.0. The lowest BCUT2D eigenvalue weighted by molar-refractivity contribution is -0.138. The van der Waals surface area contributed by atoms with Gasteiger partial charge in [-0.3, -0.25) is 0 Å². The van der Waals surface area contributed by atoms with Gasteiger partial charge in [0.2, 0.25) is 0 Å². The molecule has 3 rings (SSSR count). The Morgan fingerprint density at radius 1 is 1.00 bits per heavy atom. The van der Waals surface area contributed by atoms with E-state index in [4.69, 9.17) is 4.74 Å². The molecule has 1 aliphatic heterocycles. The van der Waals surface area contributed by atoms with Crippen LogP contribution < -0.4 is 5.32 Å². The van der Waals surface area contributed by atoms with Gasteiger partial charge < -0.3 is 10.1 Å². The standard InChI is InChI=1S/C20H27F4NO/c21-16-5-6-18(19(13-16)20(22,23)24)15-3-1-14(2-4-15)7-10-25-17-8-11-26-12-9-17/h5-6,13-15,17,25H,1-4,7-12H2/t14-,15-. The Balaban J connectivity index is 1.49. The van der Waals surface area contributed by atoms with Crippen LogP contribution in [0.1, 0.15) is 62.0 Å². The molecule has 1 N–H and O–H groups in total. The summed E-state index contributed by atoms with van der Waals surface area (Å²) in [5.41, 5.74) is -0.542. The highest BCUT2D eigenvalue weighted by atomic mass is 19.4. The molecule has 26 heavy (non-hydrogen) atoms. The molecule has 0 unspecified atom stereocenters. The van der Waals surface area contributed by atoms with Crippen LogP contribution in [-0.2, 0) is 10.9 Å². The first-order valence-electron chi connectivity index (χ1n) is 9.61. The van der Waals surface area contributed by atoms with Gasteiger partial charge in [0, 0.05) is 19.3 Å². The Morgan fingerprint density at radius 3 is 2.35 bits per heavy atom. The molecule has 0 radical (unpaired) electrons. The van der Waals surface area contributed by atoms with Crippen LogP contribution >= 0.6 is 0 Å². The zero-order chi connectivity index (χ0) is 18.6. The first-order valence-corrected chi connectivity index (χ1v) is 9.61. The topological polar surface area (TPSA) is 21.3 Å². The van der Waals surface area contributed by atoms with E-state index in [1.165, 1.54) is 6.07 Å². The summed E-state index contributed by atoms with van der Waals surface area (Å²) in [6.45, 7) is 2.61. The molecule has 1 saturated heterocycles. The van der Waals surface area contributed by atoms with Crippen molar-refractivity contribution in [3.05, 3.63) is 35.1 Å². The maximum atomic E-state index is 13.3. The largest absolute Gasteiger partial charge is 0.416 e. The van der Waals surface area contributed by atoms with Crippen molar-refractivity contribution in [3.63, 3.8) is 0 Å². The normalized spacial score (nSPS) is 25.4. The fourth-order valence-corrected chi connectivity index (χ4v) is 4.29. The van der Waals surface area contributed by atoms with Gasteiger partial charge in [-0.1, -0.05) is 6.07 Å².